The van der Waals surface area contributed by atoms with Gasteiger partial charge < -0.3 is 24.2 Å². The van der Waals surface area contributed by atoms with E-state index in [-0.39, 0.29) is 30.6 Å². The van der Waals surface area contributed by atoms with E-state index in [9.17, 15) is 14.7 Å². The number of ether oxygens (including phenoxy) is 3. The normalized spacial score (nSPS) is 19.8. The molecule has 8 nitrogen and oxygen atoms in total. The number of likely N-dealkylation sites (tertiary alicyclic amines) is 1. The summed E-state index contributed by atoms with van der Waals surface area (Å²) in [5.74, 6) is -0.619. The van der Waals surface area contributed by atoms with Crippen molar-refractivity contribution in [3.05, 3.63) is 59.4 Å². The van der Waals surface area contributed by atoms with Crippen molar-refractivity contribution in [3.8, 4) is 11.5 Å². The smallest absolute Gasteiger partial charge is 0.295 e. The maximum absolute atomic E-state index is 13.0. The van der Waals surface area contributed by atoms with Crippen LogP contribution in [0.1, 0.15) is 31.0 Å². The van der Waals surface area contributed by atoms with Gasteiger partial charge in [-0.15, -0.1) is 0 Å². The first-order valence-corrected chi connectivity index (χ1v) is 10.2. The fourth-order valence-corrected chi connectivity index (χ4v) is 3.74. The Labute approximate surface area is 180 Å². The summed E-state index contributed by atoms with van der Waals surface area (Å²) in [6.07, 6.45) is 3.17. The quantitative estimate of drug-likeness (QED) is 0.432. The van der Waals surface area contributed by atoms with E-state index in [1.165, 1.54) is 4.90 Å². The molecule has 1 fully saturated rings. The Balaban J connectivity index is 1.76. The minimum absolute atomic E-state index is 0.00564. The Morgan fingerprint density at radius 2 is 1.87 bits per heavy atom. The molecule has 3 heterocycles. The highest BCUT2D eigenvalue weighted by atomic mass is 16.6. The Bertz CT molecular complexity index is 1020. The van der Waals surface area contributed by atoms with E-state index in [2.05, 4.69) is 4.98 Å². The molecule has 4 rings (SSSR count). The van der Waals surface area contributed by atoms with Crippen molar-refractivity contribution < 1.29 is 28.9 Å². The van der Waals surface area contributed by atoms with Gasteiger partial charge in [0, 0.05) is 24.5 Å². The predicted octanol–water partition coefficient (Wildman–Crippen LogP) is 2.70. The van der Waals surface area contributed by atoms with Crippen LogP contribution in [0.2, 0.25) is 0 Å². The second-order valence-electron chi connectivity index (χ2n) is 7.55. The number of aromatic nitrogens is 1. The van der Waals surface area contributed by atoms with Crippen molar-refractivity contribution in [2.75, 3.05) is 26.4 Å². The van der Waals surface area contributed by atoms with E-state index >= 15 is 0 Å². The topological polar surface area (TPSA) is 98.2 Å². The highest BCUT2D eigenvalue weighted by Crippen LogP contribution is 2.40. The number of benzene rings is 1. The minimum Gasteiger partial charge on any atom is -0.507 e. The van der Waals surface area contributed by atoms with E-state index < -0.39 is 17.7 Å². The van der Waals surface area contributed by atoms with Gasteiger partial charge in [-0.25, -0.2) is 0 Å². The molecular formula is C23H24N2O6. The van der Waals surface area contributed by atoms with E-state index in [1.54, 1.807) is 42.7 Å². The highest BCUT2D eigenvalue weighted by molar-refractivity contribution is 6.46. The van der Waals surface area contributed by atoms with E-state index in [0.29, 0.717) is 35.8 Å². The van der Waals surface area contributed by atoms with Crippen LogP contribution < -0.4 is 9.47 Å². The van der Waals surface area contributed by atoms with Gasteiger partial charge in [-0.05, 0) is 49.7 Å². The summed E-state index contributed by atoms with van der Waals surface area (Å²) in [7, 11) is 0. The molecule has 1 unspecified atom stereocenters. The van der Waals surface area contributed by atoms with Crippen LogP contribution in [0.4, 0.5) is 0 Å². The summed E-state index contributed by atoms with van der Waals surface area (Å²) < 4.78 is 16.7. The number of nitrogens with zero attached hydrogens (tertiary/aromatic N) is 2. The number of amides is 1. The van der Waals surface area contributed by atoms with Crippen molar-refractivity contribution >= 4 is 17.4 Å². The lowest BCUT2D eigenvalue weighted by Gasteiger charge is -2.25. The third-order valence-electron chi connectivity index (χ3n) is 5.16. The van der Waals surface area contributed by atoms with Gasteiger partial charge in [-0.2, -0.15) is 0 Å². The first-order valence-electron chi connectivity index (χ1n) is 10.2. The first kappa shape index (κ1) is 20.9. The molecule has 0 spiro atoms. The van der Waals surface area contributed by atoms with Gasteiger partial charge in [-0.3, -0.25) is 14.6 Å². The molecule has 162 valence electrons. The van der Waals surface area contributed by atoms with Crippen molar-refractivity contribution in [1.29, 1.82) is 0 Å². The van der Waals surface area contributed by atoms with Crippen LogP contribution in [0.15, 0.2) is 48.3 Å². The number of carbonyl (C=O) groups excluding carboxylic acids is 2. The third-order valence-corrected chi connectivity index (χ3v) is 5.16. The summed E-state index contributed by atoms with van der Waals surface area (Å²) in [5, 5.41) is 11.1. The molecule has 2 aromatic rings. The molecule has 0 saturated carbocycles. The molecule has 1 aromatic carbocycles. The first-order chi connectivity index (χ1) is 15.0. The van der Waals surface area contributed by atoms with Gasteiger partial charge in [0.25, 0.3) is 11.7 Å². The Hall–Kier alpha value is -3.39. The van der Waals surface area contributed by atoms with Crippen molar-refractivity contribution in [2.45, 2.75) is 26.0 Å². The number of hydrogen-bond acceptors (Lipinski definition) is 7. The van der Waals surface area contributed by atoms with Crippen LogP contribution in [-0.4, -0.2) is 59.2 Å². The lowest BCUT2D eigenvalue weighted by atomic mass is 9.96. The second-order valence-corrected chi connectivity index (χ2v) is 7.55. The number of rotatable bonds is 6. The van der Waals surface area contributed by atoms with Crippen LogP contribution in [0.25, 0.3) is 5.76 Å². The van der Waals surface area contributed by atoms with Crippen molar-refractivity contribution in [3.63, 3.8) is 0 Å². The SMILES string of the molecule is CC(C)OCCN1C(=O)C(=O)/C(=C(\O)c2ccc3c(c2)OCCO3)C1c1ccncc1. The summed E-state index contributed by atoms with van der Waals surface area (Å²) >= 11 is 0. The number of carbonyl (C=O) groups is 2. The number of aliphatic hydroxyl groups excluding tert-OH is 1. The van der Waals surface area contributed by atoms with Gasteiger partial charge in [0.1, 0.15) is 19.0 Å². The summed E-state index contributed by atoms with van der Waals surface area (Å²) in [4.78, 5) is 31.3. The predicted molar refractivity (Wildman–Crippen MR) is 112 cm³/mol. The molecule has 1 atom stereocenters. The molecule has 31 heavy (non-hydrogen) atoms. The molecule has 1 aromatic heterocycles. The number of fused-ring (bicyclic) bond motifs is 1. The molecule has 8 heteroatoms. The maximum atomic E-state index is 13.0. The average Bonchev–Trinajstić information content (AvgIpc) is 3.03. The van der Waals surface area contributed by atoms with Crippen LogP contribution in [-0.2, 0) is 14.3 Å². The standard InChI is InChI=1S/C23H24N2O6/c1-14(2)29-10-9-25-20(15-5-7-24-8-6-15)19(22(27)23(25)28)21(26)16-3-4-17-18(13-16)31-12-11-30-17/h3-8,13-14,20,26H,9-12H2,1-2H3/b21-19-. The summed E-state index contributed by atoms with van der Waals surface area (Å²) in [6.45, 7) is 5.13. The molecule has 1 N–H and O–H groups in total. The molecule has 0 bridgehead atoms. The highest BCUT2D eigenvalue weighted by Gasteiger charge is 2.46. The van der Waals surface area contributed by atoms with Crippen LogP contribution >= 0.6 is 0 Å². The average molecular weight is 424 g/mol. The van der Waals surface area contributed by atoms with E-state index in [0.717, 1.165) is 0 Å². The zero-order chi connectivity index (χ0) is 22.0. The molecule has 1 amide bonds. The molecule has 2 aliphatic rings. The Morgan fingerprint density at radius 3 is 2.58 bits per heavy atom. The molecule has 1 saturated heterocycles. The second kappa shape index (κ2) is 8.77. The van der Waals surface area contributed by atoms with Crippen LogP contribution in [0.5, 0.6) is 11.5 Å². The van der Waals surface area contributed by atoms with Gasteiger partial charge in [0.15, 0.2) is 11.5 Å². The monoisotopic (exact) mass is 424 g/mol. The fourth-order valence-electron chi connectivity index (χ4n) is 3.74. The van der Waals surface area contributed by atoms with Gasteiger partial charge in [0.05, 0.1) is 24.3 Å². The number of Topliss-reactive ketones (excluding diaryl/α,β-unsaturated/α-hetero) is 1. The summed E-state index contributed by atoms with van der Waals surface area (Å²) in [6, 6.07) is 7.64. The number of ketones is 1. The Kier molecular flexibility index (Phi) is 5.90. The van der Waals surface area contributed by atoms with E-state index in [4.69, 9.17) is 14.2 Å². The molecule has 2 aliphatic heterocycles. The Morgan fingerprint density at radius 1 is 1.16 bits per heavy atom. The van der Waals surface area contributed by atoms with Crippen LogP contribution in [0.3, 0.4) is 0 Å². The van der Waals surface area contributed by atoms with Gasteiger partial charge >= 0.3 is 0 Å². The maximum Gasteiger partial charge on any atom is 0.295 e. The molecule has 0 aliphatic carbocycles. The summed E-state index contributed by atoms with van der Waals surface area (Å²) in [5.41, 5.74) is 1.08. The van der Waals surface area contributed by atoms with Crippen molar-refractivity contribution in [1.82, 2.24) is 9.88 Å². The largest absolute Gasteiger partial charge is 0.507 e. The van der Waals surface area contributed by atoms with Crippen LogP contribution in [0, 0.1) is 0 Å². The molecule has 0 radical (unpaired) electrons. The fraction of sp³-hybridized carbons (Fsp3) is 0.348. The zero-order valence-electron chi connectivity index (χ0n) is 17.4. The third kappa shape index (κ3) is 4.11. The minimum atomic E-state index is -0.744. The van der Waals surface area contributed by atoms with E-state index in [1.807, 2.05) is 13.8 Å². The number of hydrogen-bond donors (Lipinski definition) is 1. The number of pyridine rings is 1. The van der Waals surface area contributed by atoms with Gasteiger partial charge in [-0.1, -0.05) is 0 Å². The zero-order valence-corrected chi connectivity index (χ0v) is 17.4. The number of aliphatic hydroxyl groups is 1. The van der Waals surface area contributed by atoms with Crippen molar-refractivity contribution in [2.24, 2.45) is 0 Å². The lowest BCUT2D eigenvalue weighted by Crippen LogP contribution is -2.33. The molecular weight excluding hydrogens is 400 g/mol. The van der Waals surface area contributed by atoms with Gasteiger partial charge in [0.2, 0.25) is 0 Å². The lowest BCUT2D eigenvalue weighted by molar-refractivity contribution is -0.140.